The molecular formula is C27H21Br2NO7. The molecule has 0 saturated heterocycles. The molecule has 10 heteroatoms. The number of nitrogens with two attached hydrogens (primary N) is 1. The van der Waals surface area contributed by atoms with Gasteiger partial charge in [-0.3, -0.25) is 9.59 Å². The van der Waals surface area contributed by atoms with E-state index in [2.05, 4.69) is 31.9 Å². The Morgan fingerprint density at radius 2 is 1.59 bits per heavy atom. The summed E-state index contributed by atoms with van der Waals surface area (Å²) in [7, 11) is 0. The number of hydrogen-bond acceptors (Lipinski definition) is 7. The third-order valence-corrected chi connectivity index (χ3v) is 6.85. The molecule has 0 aliphatic carbocycles. The average molecular weight is 631 g/mol. The number of hydrogen-bond donors (Lipinski definition) is 3. The van der Waals surface area contributed by atoms with Crippen LogP contribution in [0.3, 0.4) is 0 Å². The van der Waals surface area contributed by atoms with Crippen LogP contribution in [0.1, 0.15) is 51.3 Å². The number of aromatic hydroxyl groups is 2. The Labute approximate surface area is 228 Å². The van der Waals surface area contributed by atoms with E-state index >= 15 is 0 Å². The van der Waals surface area contributed by atoms with Gasteiger partial charge in [-0.15, -0.1) is 0 Å². The number of aryl methyl sites for hydroxylation is 1. The first-order chi connectivity index (χ1) is 17.7. The van der Waals surface area contributed by atoms with Crippen LogP contribution in [0.2, 0.25) is 0 Å². The zero-order valence-corrected chi connectivity index (χ0v) is 22.5. The number of ether oxygens (including phenoxy) is 1. The van der Waals surface area contributed by atoms with Gasteiger partial charge in [-0.1, -0.05) is 18.2 Å². The average Bonchev–Trinajstić information content (AvgIpc) is 3.21. The van der Waals surface area contributed by atoms with Gasteiger partial charge in [-0.25, -0.2) is 4.79 Å². The standard InChI is InChI=1S/C27H21Br2NO7/c28-17-10-15(11-18(29)26(17)34)25(33)24-16-12-19(31)22(37-27(35)14-6-2-1-3-7-14)13-21(16)36-20(24)8-4-5-9-23(30)32/h1-3,6-7,10-13,31,34H,4-5,8-9H2,(H2,30,32). The molecule has 190 valence electrons. The summed E-state index contributed by atoms with van der Waals surface area (Å²) in [5.74, 6) is -1.67. The fourth-order valence-electron chi connectivity index (χ4n) is 3.83. The minimum Gasteiger partial charge on any atom is -0.506 e. The van der Waals surface area contributed by atoms with E-state index < -0.39 is 17.7 Å². The number of esters is 1. The minimum atomic E-state index is -0.663. The van der Waals surface area contributed by atoms with E-state index in [0.29, 0.717) is 44.9 Å². The molecular weight excluding hydrogens is 610 g/mol. The van der Waals surface area contributed by atoms with Crippen molar-refractivity contribution in [2.75, 3.05) is 0 Å². The quantitative estimate of drug-likeness (QED) is 0.0889. The van der Waals surface area contributed by atoms with E-state index in [0.717, 1.165) is 0 Å². The summed E-state index contributed by atoms with van der Waals surface area (Å²) < 4.78 is 12.0. The van der Waals surface area contributed by atoms with E-state index in [1.807, 2.05) is 0 Å². The highest BCUT2D eigenvalue weighted by Gasteiger charge is 2.25. The van der Waals surface area contributed by atoms with Gasteiger partial charge in [-0.2, -0.15) is 0 Å². The van der Waals surface area contributed by atoms with Crippen LogP contribution in [0, 0.1) is 0 Å². The largest absolute Gasteiger partial charge is 0.506 e. The molecule has 0 radical (unpaired) electrons. The molecule has 4 N–H and O–H groups in total. The number of ketones is 1. The summed E-state index contributed by atoms with van der Waals surface area (Å²) in [4.78, 5) is 37.3. The fraction of sp³-hybridized carbons (Fsp3) is 0.148. The van der Waals surface area contributed by atoms with Crippen LogP contribution >= 0.6 is 31.9 Å². The van der Waals surface area contributed by atoms with E-state index in [-0.39, 0.29) is 40.4 Å². The Morgan fingerprint density at radius 1 is 0.919 bits per heavy atom. The second kappa shape index (κ2) is 11.2. The topological polar surface area (TPSA) is 140 Å². The molecule has 37 heavy (non-hydrogen) atoms. The molecule has 0 spiro atoms. The lowest BCUT2D eigenvalue weighted by atomic mass is 9.97. The SMILES string of the molecule is NC(=O)CCCCc1oc2cc(OC(=O)c3ccccc3)c(O)cc2c1C(=O)c1cc(Br)c(O)c(Br)c1. The number of amides is 1. The number of furan rings is 1. The molecule has 1 amide bonds. The number of primary amides is 1. The van der Waals surface area contributed by atoms with Crippen molar-refractivity contribution in [1.82, 2.24) is 0 Å². The minimum absolute atomic E-state index is 0.0530. The van der Waals surface area contributed by atoms with Gasteiger partial charge in [0.25, 0.3) is 0 Å². The molecule has 4 rings (SSSR count). The molecule has 0 aliphatic rings. The zero-order valence-electron chi connectivity index (χ0n) is 19.3. The summed E-state index contributed by atoms with van der Waals surface area (Å²) in [5.41, 5.74) is 6.24. The number of benzene rings is 3. The highest BCUT2D eigenvalue weighted by Crippen LogP contribution is 2.39. The van der Waals surface area contributed by atoms with E-state index in [1.165, 1.54) is 24.3 Å². The second-order valence-corrected chi connectivity index (χ2v) is 9.97. The molecule has 4 aromatic rings. The number of phenols is 2. The fourth-order valence-corrected chi connectivity index (χ4v) is 5.02. The van der Waals surface area contributed by atoms with Crippen molar-refractivity contribution in [3.63, 3.8) is 0 Å². The monoisotopic (exact) mass is 629 g/mol. The van der Waals surface area contributed by atoms with Crippen molar-refractivity contribution in [1.29, 1.82) is 0 Å². The molecule has 0 bridgehead atoms. The third-order valence-electron chi connectivity index (χ3n) is 5.64. The van der Waals surface area contributed by atoms with Crippen molar-refractivity contribution in [3.8, 4) is 17.2 Å². The third kappa shape index (κ3) is 5.86. The lowest BCUT2D eigenvalue weighted by Crippen LogP contribution is -2.10. The van der Waals surface area contributed by atoms with Gasteiger partial charge in [-0.05, 0) is 75.0 Å². The Bertz CT molecular complexity index is 1490. The van der Waals surface area contributed by atoms with Crippen molar-refractivity contribution >= 4 is 60.5 Å². The van der Waals surface area contributed by atoms with Gasteiger partial charge >= 0.3 is 5.97 Å². The first-order valence-electron chi connectivity index (χ1n) is 11.2. The van der Waals surface area contributed by atoms with Gasteiger partial charge in [0.15, 0.2) is 17.3 Å². The van der Waals surface area contributed by atoms with E-state index in [1.54, 1.807) is 30.3 Å². The number of carbonyl (C=O) groups is 3. The maximum absolute atomic E-state index is 13.6. The Hall–Kier alpha value is -3.63. The number of halogens is 2. The first kappa shape index (κ1) is 26.4. The number of unbranched alkanes of at least 4 members (excludes halogenated alkanes) is 1. The molecule has 1 heterocycles. The summed E-state index contributed by atoms with van der Waals surface area (Å²) >= 11 is 6.47. The Morgan fingerprint density at radius 3 is 2.24 bits per heavy atom. The maximum atomic E-state index is 13.6. The highest BCUT2D eigenvalue weighted by atomic mass is 79.9. The molecule has 1 aromatic heterocycles. The Balaban J connectivity index is 1.75. The van der Waals surface area contributed by atoms with Crippen LogP contribution < -0.4 is 10.5 Å². The van der Waals surface area contributed by atoms with Crippen LogP contribution in [0.4, 0.5) is 0 Å². The molecule has 0 aliphatic heterocycles. The Kier molecular flexibility index (Phi) is 7.99. The number of carbonyl (C=O) groups excluding carboxylic acids is 3. The van der Waals surface area contributed by atoms with Gasteiger partial charge in [0, 0.05) is 29.9 Å². The van der Waals surface area contributed by atoms with Gasteiger partial charge in [0.2, 0.25) is 5.91 Å². The highest BCUT2D eigenvalue weighted by molar-refractivity contribution is 9.11. The number of phenolic OH excluding ortho intramolecular Hbond substituents is 2. The smallest absolute Gasteiger partial charge is 0.343 e. The molecule has 8 nitrogen and oxygen atoms in total. The predicted molar refractivity (Wildman–Crippen MR) is 143 cm³/mol. The summed E-state index contributed by atoms with van der Waals surface area (Å²) in [6, 6.07) is 13.9. The van der Waals surface area contributed by atoms with Gasteiger partial charge < -0.3 is 25.1 Å². The molecule has 0 unspecified atom stereocenters. The van der Waals surface area contributed by atoms with Gasteiger partial charge in [0.1, 0.15) is 17.1 Å². The summed E-state index contributed by atoms with van der Waals surface area (Å²) in [6.45, 7) is 0. The van der Waals surface area contributed by atoms with E-state index in [9.17, 15) is 24.6 Å². The maximum Gasteiger partial charge on any atom is 0.343 e. The molecule has 0 atom stereocenters. The number of rotatable bonds is 9. The van der Waals surface area contributed by atoms with Crippen LogP contribution in [-0.4, -0.2) is 27.9 Å². The second-order valence-electron chi connectivity index (χ2n) is 8.26. The zero-order chi connectivity index (χ0) is 26.7. The predicted octanol–water partition coefficient (Wildman–Crippen LogP) is 6.02. The van der Waals surface area contributed by atoms with Crippen LogP contribution in [0.15, 0.2) is 68.0 Å². The van der Waals surface area contributed by atoms with Crippen molar-refractivity contribution in [2.45, 2.75) is 25.7 Å². The van der Waals surface area contributed by atoms with Crippen LogP contribution in [-0.2, 0) is 11.2 Å². The van der Waals surface area contributed by atoms with Crippen molar-refractivity contribution in [2.24, 2.45) is 5.73 Å². The molecule has 3 aromatic carbocycles. The van der Waals surface area contributed by atoms with Crippen LogP contribution in [0.5, 0.6) is 17.2 Å². The lowest BCUT2D eigenvalue weighted by Gasteiger charge is -2.08. The van der Waals surface area contributed by atoms with Gasteiger partial charge in [0.05, 0.1) is 20.1 Å². The van der Waals surface area contributed by atoms with Crippen molar-refractivity contribution < 1.29 is 33.8 Å². The summed E-state index contributed by atoms with van der Waals surface area (Å²) in [5, 5.41) is 21.0. The number of fused-ring (bicyclic) bond motifs is 1. The molecule has 0 fully saturated rings. The lowest BCUT2D eigenvalue weighted by molar-refractivity contribution is -0.118. The normalized spacial score (nSPS) is 11.0. The van der Waals surface area contributed by atoms with E-state index in [4.69, 9.17) is 14.9 Å². The first-order valence-corrected chi connectivity index (χ1v) is 12.8. The summed E-state index contributed by atoms with van der Waals surface area (Å²) in [6.07, 6.45) is 1.54. The van der Waals surface area contributed by atoms with Crippen molar-refractivity contribution in [3.05, 3.63) is 86.0 Å². The van der Waals surface area contributed by atoms with Crippen LogP contribution in [0.25, 0.3) is 11.0 Å². The molecule has 0 saturated carbocycles.